The first kappa shape index (κ1) is 15.7. The second-order valence-electron chi connectivity index (χ2n) is 4.64. The van der Waals surface area contributed by atoms with Gasteiger partial charge in [-0.1, -0.05) is 0 Å². The molecule has 5 nitrogen and oxygen atoms in total. The second-order valence-corrected chi connectivity index (χ2v) is 6.48. The molecule has 114 valence electrons. The van der Waals surface area contributed by atoms with Crippen molar-refractivity contribution in [1.29, 1.82) is 5.26 Å². The molecule has 0 aromatic carbocycles. The van der Waals surface area contributed by atoms with Gasteiger partial charge < -0.3 is 0 Å². The summed E-state index contributed by atoms with van der Waals surface area (Å²) in [4.78, 5) is 3.42. The Morgan fingerprint density at radius 3 is 2.48 bits per heavy atom. The molecule has 0 atom stereocenters. The van der Waals surface area contributed by atoms with Crippen molar-refractivity contribution in [1.82, 2.24) is 9.29 Å². The van der Waals surface area contributed by atoms with Crippen LogP contribution >= 0.6 is 0 Å². The third-order valence-electron chi connectivity index (χ3n) is 3.03. The largest absolute Gasteiger partial charge is 0.417 e. The Bertz CT molecular complexity index is 646. The zero-order valence-electron chi connectivity index (χ0n) is 10.8. The molecule has 1 fully saturated rings. The van der Waals surface area contributed by atoms with E-state index in [0.717, 1.165) is 10.4 Å². The fourth-order valence-electron chi connectivity index (χ4n) is 1.84. The monoisotopic (exact) mass is 319 g/mol. The molecular formula is C12H12F3N3O2S. The van der Waals surface area contributed by atoms with Gasteiger partial charge in [0.2, 0.25) is 0 Å². The van der Waals surface area contributed by atoms with E-state index in [0.29, 0.717) is 25.1 Å². The number of hydrogen-bond donors (Lipinski definition) is 0. The number of nitriles is 1. The van der Waals surface area contributed by atoms with Gasteiger partial charge in [0.05, 0.1) is 11.6 Å². The van der Waals surface area contributed by atoms with E-state index in [4.69, 9.17) is 5.26 Å². The second kappa shape index (κ2) is 5.61. The molecule has 21 heavy (non-hydrogen) atoms. The summed E-state index contributed by atoms with van der Waals surface area (Å²) in [6.07, 6.45) is -2.67. The Kier molecular flexibility index (Phi) is 4.20. The van der Waals surface area contributed by atoms with Gasteiger partial charge in [0.1, 0.15) is 0 Å². The smallest absolute Gasteiger partial charge is 0.243 e. The van der Waals surface area contributed by atoms with E-state index in [2.05, 4.69) is 4.98 Å². The molecule has 1 aromatic heterocycles. The number of halogens is 3. The fourth-order valence-corrected chi connectivity index (χ4v) is 3.44. The van der Waals surface area contributed by atoms with Crippen molar-refractivity contribution < 1.29 is 21.6 Å². The van der Waals surface area contributed by atoms with E-state index in [-0.39, 0.29) is 19.0 Å². The summed E-state index contributed by atoms with van der Waals surface area (Å²) in [6, 6.07) is 3.21. The van der Waals surface area contributed by atoms with Crippen molar-refractivity contribution >= 4 is 10.0 Å². The summed E-state index contributed by atoms with van der Waals surface area (Å²) < 4.78 is 63.2. The molecule has 1 aliphatic rings. The Morgan fingerprint density at radius 1 is 1.38 bits per heavy atom. The van der Waals surface area contributed by atoms with Gasteiger partial charge in [0.25, 0.3) is 10.0 Å². The quantitative estimate of drug-likeness (QED) is 0.833. The lowest BCUT2D eigenvalue weighted by atomic mass is 10.3. The molecule has 0 unspecified atom stereocenters. The molecule has 1 aromatic rings. The molecule has 0 amide bonds. The van der Waals surface area contributed by atoms with Crippen LogP contribution in [0.3, 0.4) is 0 Å². The van der Waals surface area contributed by atoms with E-state index >= 15 is 0 Å². The first-order valence-corrected chi connectivity index (χ1v) is 7.63. The summed E-state index contributed by atoms with van der Waals surface area (Å²) in [5, 5.41) is 8.14. The van der Waals surface area contributed by atoms with Crippen LogP contribution in [0, 0.1) is 11.3 Å². The number of aromatic nitrogens is 1. The molecule has 0 radical (unpaired) electrons. The van der Waals surface area contributed by atoms with E-state index in [1.54, 1.807) is 0 Å². The molecule has 1 aliphatic carbocycles. The number of alkyl halides is 3. The van der Waals surface area contributed by atoms with Gasteiger partial charge in [-0.3, -0.25) is 0 Å². The maximum atomic E-state index is 12.4. The van der Waals surface area contributed by atoms with Gasteiger partial charge in [-0.25, -0.2) is 13.4 Å². The van der Waals surface area contributed by atoms with Crippen LogP contribution in [0.25, 0.3) is 0 Å². The lowest BCUT2D eigenvalue weighted by Gasteiger charge is -2.20. The van der Waals surface area contributed by atoms with Crippen LogP contribution < -0.4 is 0 Å². The molecule has 0 aliphatic heterocycles. The SMILES string of the molecule is N#CCCN(C1CC1)S(=O)(=O)c1ccc(C(F)(F)F)cn1. The van der Waals surface area contributed by atoms with Crippen molar-refractivity contribution in [3.8, 4) is 6.07 Å². The highest BCUT2D eigenvalue weighted by Crippen LogP contribution is 2.33. The predicted molar refractivity (Wildman–Crippen MR) is 66.4 cm³/mol. The lowest BCUT2D eigenvalue weighted by molar-refractivity contribution is -0.137. The Morgan fingerprint density at radius 2 is 2.05 bits per heavy atom. The van der Waals surface area contributed by atoms with E-state index in [9.17, 15) is 21.6 Å². The van der Waals surface area contributed by atoms with Gasteiger partial charge in [0.15, 0.2) is 5.03 Å². The molecule has 0 saturated heterocycles. The zero-order chi connectivity index (χ0) is 15.7. The molecule has 9 heteroatoms. The standard InChI is InChI=1S/C12H12F3N3O2S/c13-12(14,15)9-2-5-11(17-8-9)21(19,20)18(7-1-6-16)10-3-4-10/h2,5,8,10H,1,3-4,7H2. The molecule has 2 rings (SSSR count). The van der Waals surface area contributed by atoms with Gasteiger partial charge in [-0.2, -0.15) is 22.7 Å². The predicted octanol–water partition coefficient (Wildman–Crippen LogP) is 2.17. The number of hydrogen-bond acceptors (Lipinski definition) is 4. The number of nitrogens with zero attached hydrogens (tertiary/aromatic N) is 3. The first-order chi connectivity index (χ1) is 9.76. The van der Waals surface area contributed by atoms with Gasteiger partial charge in [0, 0.05) is 25.2 Å². The van der Waals surface area contributed by atoms with Crippen LogP contribution in [0.4, 0.5) is 13.2 Å². The van der Waals surface area contributed by atoms with Crippen LogP contribution in [0.2, 0.25) is 0 Å². The maximum Gasteiger partial charge on any atom is 0.417 e. The third-order valence-corrected chi connectivity index (χ3v) is 4.90. The topological polar surface area (TPSA) is 74.1 Å². The highest BCUT2D eigenvalue weighted by atomic mass is 32.2. The van der Waals surface area contributed by atoms with Crippen LogP contribution in [0.1, 0.15) is 24.8 Å². The fraction of sp³-hybridized carbons (Fsp3) is 0.500. The van der Waals surface area contributed by atoms with Crippen LogP contribution in [-0.4, -0.2) is 30.3 Å². The minimum absolute atomic E-state index is 0.0200. The van der Waals surface area contributed by atoms with Crippen molar-refractivity contribution in [2.75, 3.05) is 6.54 Å². The van der Waals surface area contributed by atoms with Gasteiger partial charge in [-0.15, -0.1) is 0 Å². The van der Waals surface area contributed by atoms with Crippen molar-refractivity contribution in [3.63, 3.8) is 0 Å². The van der Waals surface area contributed by atoms with E-state index in [1.807, 2.05) is 6.07 Å². The number of rotatable bonds is 5. The Balaban J connectivity index is 2.28. The summed E-state index contributed by atoms with van der Waals surface area (Å²) in [5.74, 6) is 0. The first-order valence-electron chi connectivity index (χ1n) is 6.19. The van der Waals surface area contributed by atoms with E-state index < -0.39 is 26.8 Å². The zero-order valence-corrected chi connectivity index (χ0v) is 11.7. The van der Waals surface area contributed by atoms with E-state index in [1.165, 1.54) is 0 Å². The third kappa shape index (κ3) is 3.51. The molecule has 1 heterocycles. The minimum Gasteiger partial charge on any atom is -0.243 e. The Hall–Kier alpha value is -1.66. The number of sulfonamides is 1. The Labute approximate surface area is 120 Å². The van der Waals surface area contributed by atoms with Gasteiger partial charge >= 0.3 is 6.18 Å². The van der Waals surface area contributed by atoms with Crippen LogP contribution in [-0.2, 0) is 16.2 Å². The average molecular weight is 319 g/mol. The highest BCUT2D eigenvalue weighted by molar-refractivity contribution is 7.89. The minimum atomic E-state index is -4.56. The summed E-state index contributed by atoms with van der Waals surface area (Å²) >= 11 is 0. The molecule has 0 spiro atoms. The highest BCUT2D eigenvalue weighted by Gasteiger charge is 2.39. The normalized spacial score (nSPS) is 16.0. The average Bonchev–Trinajstić information content (AvgIpc) is 3.23. The molecule has 1 saturated carbocycles. The molecular weight excluding hydrogens is 307 g/mol. The maximum absolute atomic E-state index is 12.4. The van der Waals surface area contributed by atoms with Gasteiger partial charge in [-0.05, 0) is 25.0 Å². The van der Waals surface area contributed by atoms with Crippen molar-refractivity contribution in [2.24, 2.45) is 0 Å². The van der Waals surface area contributed by atoms with Crippen molar-refractivity contribution in [2.45, 2.75) is 36.5 Å². The summed E-state index contributed by atoms with van der Waals surface area (Å²) in [6.45, 7) is 0.0200. The summed E-state index contributed by atoms with van der Waals surface area (Å²) in [7, 11) is -3.97. The summed E-state index contributed by atoms with van der Waals surface area (Å²) in [5.41, 5.74) is -1.00. The van der Waals surface area contributed by atoms with Crippen molar-refractivity contribution in [3.05, 3.63) is 23.9 Å². The lowest BCUT2D eigenvalue weighted by Crippen LogP contribution is -2.34. The van der Waals surface area contributed by atoms with Crippen LogP contribution in [0.15, 0.2) is 23.4 Å². The molecule has 0 bridgehead atoms. The van der Waals surface area contributed by atoms with Crippen LogP contribution in [0.5, 0.6) is 0 Å². The molecule has 0 N–H and O–H groups in total. The number of pyridine rings is 1.